The van der Waals surface area contributed by atoms with Crippen LogP contribution in [-0.4, -0.2) is 44.0 Å². The van der Waals surface area contributed by atoms with Crippen LogP contribution < -0.4 is 5.32 Å². The van der Waals surface area contributed by atoms with Crippen molar-refractivity contribution in [3.63, 3.8) is 0 Å². The Bertz CT molecular complexity index is 471. The summed E-state index contributed by atoms with van der Waals surface area (Å²) >= 11 is 0. The Morgan fingerprint density at radius 2 is 2.14 bits per heavy atom. The summed E-state index contributed by atoms with van der Waals surface area (Å²) < 4.78 is 24.9. The molecule has 1 amide bonds. The average Bonchev–Trinajstić information content (AvgIpc) is 2.43. The zero-order chi connectivity index (χ0) is 15.9. The number of carbonyl (C=O) groups excluding carboxylic acids is 1. The van der Waals surface area contributed by atoms with E-state index in [9.17, 15) is 13.2 Å². The number of nitrogens with one attached hydrogen (secondary N) is 1. The lowest BCUT2D eigenvalue weighted by Gasteiger charge is -2.22. The maximum atomic E-state index is 11.9. The molecule has 6 heteroatoms. The molecule has 21 heavy (non-hydrogen) atoms. The minimum Gasteiger partial charge on any atom is -0.353 e. The van der Waals surface area contributed by atoms with Crippen LogP contribution in [0.2, 0.25) is 0 Å². The van der Waals surface area contributed by atoms with Crippen LogP contribution in [-0.2, 0) is 14.8 Å². The molecule has 0 aliphatic heterocycles. The van der Waals surface area contributed by atoms with Crippen molar-refractivity contribution in [1.29, 1.82) is 0 Å². The van der Waals surface area contributed by atoms with Gasteiger partial charge in [0, 0.05) is 12.6 Å². The Labute approximate surface area is 128 Å². The monoisotopic (exact) mass is 316 g/mol. The molecule has 0 aromatic rings. The van der Waals surface area contributed by atoms with E-state index in [2.05, 4.69) is 11.4 Å². The van der Waals surface area contributed by atoms with Gasteiger partial charge in [-0.3, -0.25) is 4.79 Å². The number of rotatable bonds is 8. The average molecular weight is 316 g/mol. The van der Waals surface area contributed by atoms with Crippen LogP contribution in [0, 0.1) is 0 Å². The Kier molecular flexibility index (Phi) is 7.39. The molecule has 0 saturated carbocycles. The molecule has 1 aliphatic carbocycles. The molecule has 0 radical (unpaired) electrons. The maximum absolute atomic E-state index is 11.9. The number of sulfonamides is 1. The first-order chi connectivity index (χ1) is 9.82. The van der Waals surface area contributed by atoms with Crippen LogP contribution in [0.3, 0.4) is 0 Å². The van der Waals surface area contributed by atoms with E-state index in [1.165, 1.54) is 29.0 Å². The highest BCUT2D eigenvalue weighted by Gasteiger charge is 2.21. The van der Waals surface area contributed by atoms with Gasteiger partial charge in [-0.2, -0.15) is 4.31 Å². The van der Waals surface area contributed by atoms with Crippen molar-refractivity contribution in [2.75, 3.05) is 19.3 Å². The van der Waals surface area contributed by atoms with Gasteiger partial charge in [-0.15, -0.1) is 0 Å². The third kappa shape index (κ3) is 7.09. The zero-order valence-corrected chi connectivity index (χ0v) is 14.2. The first-order valence-electron chi connectivity index (χ1n) is 7.75. The van der Waals surface area contributed by atoms with E-state index in [1.54, 1.807) is 0 Å². The van der Waals surface area contributed by atoms with E-state index in [1.807, 2.05) is 13.8 Å². The summed E-state index contributed by atoms with van der Waals surface area (Å²) in [6.45, 7) is 4.19. The van der Waals surface area contributed by atoms with Crippen LogP contribution in [0.5, 0.6) is 0 Å². The van der Waals surface area contributed by atoms with Crippen molar-refractivity contribution >= 4 is 15.9 Å². The topological polar surface area (TPSA) is 66.5 Å². The van der Waals surface area contributed by atoms with Gasteiger partial charge < -0.3 is 5.32 Å². The number of hydrogen-bond acceptors (Lipinski definition) is 3. The first-order valence-corrected chi connectivity index (χ1v) is 9.60. The van der Waals surface area contributed by atoms with Gasteiger partial charge in [-0.25, -0.2) is 8.42 Å². The first kappa shape index (κ1) is 18.2. The number of hydrogen-bond donors (Lipinski definition) is 1. The van der Waals surface area contributed by atoms with Crippen LogP contribution in [0.4, 0.5) is 0 Å². The second kappa shape index (κ2) is 8.54. The molecule has 0 saturated heterocycles. The van der Waals surface area contributed by atoms with E-state index >= 15 is 0 Å². The van der Waals surface area contributed by atoms with Gasteiger partial charge in [-0.1, -0.05) is 18.6 Å². The van der Waals surface area contributed by atoms with Crippen molar-refractivity contribution < 1.29 is 13.2 Å². The van der Waals surface area contributed by atoms with E-state index in [-0.39, 0.29) is 18.5 Å². The maximum Gasteiger partial charge on any atom is 0.235 e. The molecule has 1 rings (SSSR count). The molecule has 0 spiro atoms. The minimum atomic E-state index is -3.36. The summed E-state index contributed by atoms with van der Waals surface area (Å²) in [5.74, 6) is -0.229. The van der Waals surface area contributed by atoms with Crippen molar-refractivity contribution in [3.8, 4) is 0 Å². The van der Waals surface area contributed by atoms with E-state index < -0.39 is 10.0 Å². The zero-order valence-electron chi connectivity index (χ0n) is 13.4. The Morgan fingerprint density at radius 1 is 1.43 bits per heavy atom. The second-order valence-corrected chi connectivity index (χ2v) is 7.81. The van der Waals surface area contributed by atoms with Gasteiger partial charge in [0.2, 0.25) is 15.9 Å². The van der Waals surface area contributed by atoms with Crippen molar-refractivity contribution in [1.82, 2.24) is 9.62 Å². The smallest absolute Gasteiger partial charge is 0.235 e. The molecule has 0 fully saturated rings. The minimum absolute atomic E-state index is 0.0694. The van der Waals surface area contributed by atoms with Gasteiger partial charge in [0.05, 0.1) is 12.8 Å². The van der Waals surface area contributed by atoms with Gasteiger partial charge in [-0.05, 0) is 45.4 Å². The van der Waals surface area contributed by atoms with Crippen molar-refractivity contribution in [2.24, 2.45) is 0 Å². The van der Waals surface area contributed by atoms with Crippen LogP contribution in [0.1, 0.15) is 52.4 Å². The molecule has 1 atom stereocenters. The molecule has 1 N–H and O–H groups in total. The number of carbonyl (C=O) groups is 1. The molecular weight excluding hydrogens is 288 g/mol. The highest BCUT2D eigenvalue weighted by molar-refractivity contribution is 7.88. The molecular formula is C15H28N2O3S. The summed E-state index contributed by atoms with van der Waals surface area (Å²) in [4.78, 5) is 11.9. The summed E-state index contributed by atoms with van der Waals surface area (Å²) in [6, 6.07) is 0.0694. The van der Waals surface area contributed by atoms with E-state index in [0.717, 1.165) is 25.7 Å². The van der Waals surface area contributed by atoms with Crippen LogP contribution in [0.15, 0.2) is 11.6 Å². The largest absolute Gasteiger partial charge is 0.353 e. The van der Waals surface area contributed by atoms with Gasteiger partial charge in [0.25, 0.3) is 0 Å². The lowest BCUT2D eigenvalue weighted by atomic mass is 9.97. The number of nitrogens with zero attached hydrogens (tertiary/aromatic N) is 1. The Morgan fingerprint density at radius 3 is 2.67 bits per heavy atom. The summed E-state index contributed by atoms with van der Waals surface area (Å²) in [5.41, 5.74) is 1.32. The molecule has 1 unspecified atom stereocenters. The Balaban J connectivity index is 2.56. The van der Waals surface area contributed by atoms with E-state index in [4.69, 9.17) is 0 Å². The highest BCUT2D eigenvalue weighted by Crippen LogP contribution is 2.20. The highest BCUT2D eigenvalue weighted by atomic mass is 32.2. The molecule has 5 nitrogen and oxygen atoms in total. The molecule has 0 aromatic carbocycles. The fraction of sp³-hybridized carbons (Fsp3) is 0.800. The fourth-order valence-corrected chi connectivity index (χ4v) is 3.12. The number of amides is 1. The van der Waals surface area contributed by atoms with Crippen molar-refractivity contribution in [3.05, 3.63) is 11.6 Å². The SMILES string of the molecule is CCC(C)NC(=O)CN(CCC1=CCCCC1)S(C)(=O)=O. The molecule has 1 aliphatic rings. The van der Waals surface area contributed by atoms with E-state index in [0.29, 0.717) is 6.54 Å². The van der Waals surface area contributed by atoms with Gasteiger partial charge >= 0.3 is 0 Å². The number of allylic oxidation sites excluding steroid dienone is 1. The van der Waals surface area contributed by atoms with Gasteiger partial charge in [0.15, 0.2) is 0 Å². The standard InChI is InChI=1S/C15H28N2O3S/c1-4-13(2)16-15(18)12-17(21(3,19)20)11-10-14-8-6-5-7-9-14/h8,13H,4-7,9-12H2,1-3H3,(H,16,18). The molecule has 0 heterocycles. The van der Waals surface area contributed by atoms with Crippen LogP contribution >= 0.6 is 0 Å². The Hall–Kier alpha value is -0.880. The van der Waals surface area contributed by atoms with Crippen molar-refractivity contribution in [2.45, 2.75) is 58.4 Å². The predicted molar refractivity (Wildman–Crippen MR) is 85.5 cm³/mol. The van der Waals surface area contributed by atoms with Gasteiger partial charge in [0.1, 0.15) is 0 Å². The quantitative estimate of drug-likeness (QED) is 0.697. The normalized spacial score (nSPS) is 17.4. The molecule has 0 bridgehead atoms. The molecule has 122 valence electrons. The second-order valence-electron chi connectivity index (χ2n) is 5.83. The third-order valence-corrected chi connectivity index (χ3v) is 5.13. The predicted octanol–water partition coefficient (Wildman–Crippen LogP) is 2.05. The lowest BCUT2D eigenvalue weighted by molar-refractivity contribution is -0.121. The van der Waals surface area contributed by atoms with Crippen LogP contribution in [0.25, 0.3) is 0 Å². The summed E-state index contributed by atoms with van der Waals surface area (Å²) in [5, 5.41) is 2.81. The lowest BCUT2D eigenvalue weighted by Crippen LogP contribution is -2.43. The third-order valence-electron chi connectivity index (χ3n) is 3.88. The fourth-order valence-electron chi connectivity index (χ4n) is 2.34. The summed E-state index contributed by atoms with van der Waals surface area (Å²) in [6.07, 6.45) is 9.47. The molecule has 0 aromatic heterocycles. The summed E-state index contributed by atoms with van der Waals surface area (Å²) in [7, 11) is -3.36.